The molecule has 2 amide bonds. The van der Waals surface area contributed by atoms with Crippen molar-refractivity contribution in [3.63, 3.8) is 0 Å². The second-order valence-corrected chi connectivity index (χ2v) is 7.61. The summed E-state index contributed by atoms with van der Waals surface area (Å²) >= 11 is 2.85. The Kier molecular flexibility index (Phi) is 3.95. The molecule has 120 valence electrons. The minimum Gasteiger partial charge on any atom is -0.324 e. The number of nitrogens with zero attached hydrogens (tertiary/aromatic N) is 1. The molecule has 7 heteroatoms. The van der Waals surface area contributed by atoms with Crippen molar-refractivity contribution in [3.8, 4) is 0 Å². The molecule has 2 N–H and O–H groups in total. The van der Waals surface area contributed by atoms with Crippen LogP contribution in [0, 0.1) is 0 Å². The van der Waals surface area contributed by atoms with Crippen molar-refractivity contribution in [3.05, 3.63) is 48.5 Å². The van der Waals surface area contributed by atoms with Crippen LogP contribution in [0.1, 0.15) is 6.42 Å². The Morgan fingerprint density at radius 1 is 1.17 bits per heavy atom. The topological polar surface area (TPSA) is 71.1 Å². The fourth-order valence-corrected chi connectivity index (χ4v) is 4.48. The first-order valence-electron chi connectivity index (χ1n) is 7.41. The highest BCUT2D eigenvalue weighted by Gasteiger charge is 2.29. The van der Waals surface area contributed by atoms with Crippen LogP contribution >= 0.6 is 23.1 Å². The normalized spacial score (nSPS) is 16.5. The van der Waals surface area contributed by atoms with Gasteiger partial charge in [0, 0.05) is 11.3 Å². The van der Waals surface area contributed by atoms with E-state index in [-0.39, 0.29) is 18.2 Å². The van der Waals surface area contributed by atoms with Crippen LogP contribution in [-0.4, -0.2) is 22.0 Å². The molecular weight excluding hydrogens is 342 g/mol. The number of benzene rings is 2. The Labute approximate surface area is 146 Å². The zero-order valence-electron chi connectivity index (χ0n) is 12.5. The van der Waals surface area contributed by atoms with E-state index in [1.165, 1.54) is 23.1 Å². The van der Waals surface area contributed by atoms with Crippen molar-refractivity contribution < 1.29 is 9.59 Å². The lowest BCUT2D eigenvalue weighted by molar-refractivity contribution is -0.120. The maximum Gasteiger partial charge on any atom is 0.238 e. The van der Waals surface area contributed by atoms with Gasteiger partial charge in [0.25, 0.3) is 0 Å². The summed E-state index contributed by atoms with van der Waals surface area (Å²) in [5.41, 5.74) is 1.66. The average molecular weight is 355 g/mol. The standard InChI is InChI=1S/C17H13N3O2S2/c21-15(20-17-19-11-6-2-4-8-13(11)24-17)9-14-16(22)18-10-5-1-3-7-12(10)23-14/h1-8,14H,9H2,(H,18,22)(H,19,20,21)/t14-/m0/s1. The van der Waals surface area contributed by atoms with Crippen LogP contribution in [-0.2, 0) is 9.59 Å². The second kappa shape index (κ2) is 6.26. The summed E-state index contributed by atoms with van der Waals surface area (Å²) in [4.78, 5) is 29.8. The maximum absolute atomic E-state index is 12.3. The summed E-state index contributed by atoms with van der Waals surface area (Å²) in [7, 11) is 0. The number of hydrogen-bond acceptors (Lipinski definition) is 5. The highest BCUT2D eigenvalue weighted by molar-refractivity contribution is 8.01. The van der Waals surface area contributed by atoms with Crippen LogP contribution in [0.2, 0.25) is 0 Å². The molecule has 24 heavy (non-hydrogen) atoms. The minimum absolute atomic E-state index is 0.112. The number of rotatable bonds is 3. The van der Waals surface area contributed by atoms with Gasteiger partial charge in [0.05, 0.1) is 21.2 Å². The summed E-state index contributed by atoms with van der Waals surface area (Å²) in [6.45, 7) is 0. The Hall–Kier alpha value is -2.38. The first-order chi connectivity index (χ1) is 11.7. The van der Waals surface area contributed by atoms with Crippen molar-refractivity contribution >= 4 is 55.9 Å². The molecule has 0 unspecified atom stereocenters. The second-order valence-electron chi connectivity index (χ2n) is 5.33. The minimum atomic E-state index is -0.436. The fraction of sp³-hybridized carbons (Fsp3) is 0.118. The van der Waals surface area contributed by atoms with E-state index < -0.39 is 5.25 Å². The van der Waals surface area contributed by atoms with E-state index in [0.717, 1.165) is 20.8 Å². The molecule has 0 radical (unpaired) electrons. The van der Waals surface area contributed by atoms with Crippen LogP contribution in [0.15, 0.2) is 53.4 Å². The van der Waals surface area contributed by atoms with Crippen LogP contribution in [0.3, 0.4) is 0 Å². The third-order valence-electron chi connectivity index (χ3n) is 3.62. The number of aromatic nitrogens is 1. The Morgan fingerprint density at radius 3 is 2.83 bits per heavy atom. The Balaban J connectivity index is 1.45. The Morgan fingerprint density at radius 2 is 1.96 bits per heavy atom. The van der Waals surface area contributed by atoms with E-state index >= 15 is 0 Å². The molecule has 0 saturated heterocycles. The van der Waals surface area contributed by atoms with Crippen LogP contribution in [0.4, 0.5) is 10.8 Å². The van der Waals surface area contributed by atoms with Gasteiger partial charge in [-0.2, -0.15) is 0 Å². The number of amides is 2. The molecule has 2 heterocycles. The van der Waals surface area contributed by atoms with E-state index in [2.05, 4.69) is 15.6 Å². The highest BCUT2D eigenvalue weighted by atomic mass is 32.2. The number of fused-ring (bicyclic) bond motifs is 2. The zero-order valence-corrected chi connectivity index (χ0v) is 14.1. The predicted octanol–water partition coefficient (Wildman–Crippen LogP) is 3.74. The van der Waals surface area contributed by atoms with Gasteiger partial charge >= 0.3 is 0 Å². The van der Waals surface area contributed by atoms with Gasteiger partial charge in [0.15, 0.2) is 5.13 Å². The summed E-state index contributed by atoms with van der Waals surface area (Å²) in [5.74, 6) is -0.348. The van der Waals surface area contributed by atoms with Crippen molar-refractivity contribution in [2.24, 2.45) is 0 Å². The molecule has 0 bridgehead atoms. The molecule has 1 atom stereocenters. The lowest BCUT2D eigenvalue weighted by Crippen LogP contribution is -2.32. The first-order valence-corrected chi connectivity index (χ1v) is 9.10. The van der Waals surface area contributed by atoms with Crippen molar-refractivity contribution in [2.45, 2.75) is 16.6 Å². The number of nitrogens with one attached hydrogen (secondary N) is 2. The first kappa shape index (κ1) is 15.2. The van der Waals surface area contributed by atoms with E-state index in [0.29, 0.717) is 5.13 Å². The molecule has 0 spiro atoms. The summed E-state index contributed by atoms with van der Waals surface area (Å²) in [5, 5.41) is 5.77. The predicted molar refractivity (Wildman–Crippen MR) is 97.6 cm³/mol. The lowest BCUT2D eigenvalue weighted by atomic mass is 10.2. The van der Waals surface area contributed by atoms with E-state index in [4.69, 9.17) is 0 Å². The van der Waals surface area contributed by atoms with Crippen LogP contribution in [0.25, 0.3) is 10.2 Å². The van der Waals surface area contributed by atoms with Gasteiger partial charge in [0.1, 0.15) is 0 Å². The van der Waals surface area contributed by atoms with E-state index in [1.807, 2.05) is 48.5 Å². The maximum atomic E-state index is 12.3. The zero-order chi connectivity index (χ0) is 16.5. The highest BCUT2D eigenvalue weighted by Crippen LogP contribution is 2.36. The number of anilines is 2. The largest absolute Gasteiger partial charge is 0.324 e. The fourth-order valence-electron chi connectivity index (χ4n) is 2.49. The summed E-state index contributed by atoms with van der Waals surface area (Å²) in [6, 6.07) is 15.3. The molecule has 1 aromatic heterocycles. The molecule has 4 rings (SSSR count). The number of thioether (sulfide) groups is 1. The van der Waals surface area contributed by atoms with Crippen LogP contribution < -0.4 is 10.6 Å². The van der Waals surface area contributed by atoms with E-state index in [9.17, 15) is 9.59 Å². The molecular formula is C17H13N3O2S2. The van der Waals surface area contributed by atoms with Gasteiger partial charge < -0.3 is 10.6 Å². The number of thiazole rings is 1. The van der Waals surface area contributed by atoms with Gasteiger partial charge in [0.2, 0.25) is 11.8 Å². The van der Waals surface area contributed by atoms with Crippen LogP contribution in [0.5, 0.6) is 0 Å². The summed E-state index contributed by atoms with van der Waals surface area (Å²) in [6.07, 6.45) is 0.112. The molecule has 5 nitrogen and oxygen atoms in total. The molecule has 0 saturated carbocycles. The number of carbonyl (C=O) groups excluding carboxylic acids is 2. The van der Waals surface area contributed by atoms with Gasteiger partial charge in [-0.25, -0.2) is 4.98 Å². The van der Waals surface area contributed by atoms with Gasteiger partial charge in [-0.05, 0) is 24.3 Å². The molecule has 0 aliphatic carbocycles. The SMILES string of the molecule is O=C(C[C@@H]1Sc2ccccc2NC1=O)Nc1nc2ccccc2s1. The third kappa shape index (κ3) is 3.00. The van der Waals surface area contributed by atoms with Gasteiger partial charge in [-0.3, -0.25) is 9.59 Å². The quantitative estimate of drug-likeness (QED) is 0.751. The smallest absolute Gasteiger partial charge is 0.238 e. The summed E-state index contributed by atoms with van der Waals surface area (Å²) < 4.78 is 1.02. The van der Waals surface area contributed by atoms with E-state index in [1.54, 1.807) is 0 Å². The van der Waals surface area contributed by atoms with Crippen molar-refractivity contribution in [1.29, 1.82) is 0 Å². The van der Waals surface area contributed by atoms with Crippen molar-refractivity contribution in [2.75, 3.05) is 10.6 Å². The van der Waals surface area contributed by atoms with Crippen molar-refractivity contribution in [1.82, 2.24) is 4.98 Å². The number of para-hydroxylation sites is 2. The number of carbonyl (C=O) groups is 2. The van der Waals surface area contributed by atoms with Gasteiger partial charge in [-0.1, -0.05) is 35.6 Å². The molecule has 2 aromatic carbocycles. The monoisotopic (exact) mass is 355 g/mol. The molecule has 1 aliphatic heterocycles. The average Bonchev–Trinajstić information content (AvgIpc) is 2.97. The molecule has 3 aromatic rings. The molecule has 1 aliphatic rings. The molecule has 0 fully saturated rings. The lowest BCUT2D eigenvalue weighted by Gasteiger charge is -2.23. The number of hydrogen-bond donors (Lipinski definition) is 2. The Bertz CT molecular complexity index is 905. The van der Waals surface area contributed by atoms with Gasteiger partial charge in [-0.15, -0.1) is 11.8 Å². The third-order valence-corrected chi connectivity index (χ3v) is 5.84.